The second-order valence-electron chi connectivity index (χ2n) is 3.30. The number of nitrogens with zero attached hydrogens (tertiary/aromatic N) is 5. The fourth-order valence-electron chi connectivity index (χ4n) is 1.30. The summed E-state index contributed by atoms with van der Waals surface area (Å²) < 4.78 is 6.98. The van der Waals surface area contributed by atoms with E-state index < -0.39 is 0 Å². The van der Waals surface area contributed by atoms with Gasteiger partial charge in [-0.05, 0) is 18.6 Å². The number of rotatable bonds is 4. The van der Waals surface area contributed by atoms with E-state index in [0.717, 1.165) is 6.42 Å². The van der Waals surface area contributed by atoms with E-state index in [9.17, 15) is 0 Å². The first-order chi connectivity index (χ1) is 8.35. The van der Waals surface area contributed by atoms with Crippen molar-refractivity contribution in [2.45, 2.75) is 13.3 Å². The second-order valence-corrected chi connectivity index (χ2v) is 3.30. The van der Waals surface area contributed by atoms with E-state index in [1.165, 1.54) is 11.0 Å². The van der Waals surface area contributed by atoms with Gasteiger partial charge < -0.3 is 4.74 Å². The smallest absolute Gasteiger partial charge is 0.252 e. The molecule has 17 heavy (non-hydrogen) atoms. The molecule has 0 unspecified atom stereocenters. The zero-order valence-corrected chi connectivity index (χ0v) is 9.37. The average molecular weight is 229 g/mol. The van der Waals surface area contributed by atoms with Gasteiger partial charge in [0.05, 0.1) is 6.61 Å². The van der Waals surface area contributed by atoms with Crippen molar-refractivity contribution < 1.29 is 4.74 Å². The molecule has 0 aromatic carbocycles. The lowest BCUT2D eigenvalue weighted by molar-refractivity contribution is 0.314. The standard InChI is InChI=1S/C11H11N5O/c1-2-6-17-9-4-3-5-13-11(9)16-8-14-10(7-12)15-16/h3-5,8H,2,6H2,1H3. The predicted molar refractivity (Wildman–Crippen MR) is 59.7 cm³/mol. The molecule has 0 aliphatic heterocycles. The molecular weight excluding hydrogens is 218 g/mol. The van der Waals surface area contributed by atoms with Crippen LogP contribution in [0.2, 0.25) is 0 Å². The van der Waals surface area contributed by atoms with Crippen molar-refractivity contribution in [2.24, 2.45) is 0 Å². The molecule has 2 rings (SSSR count). The first-order valence-corrected chi connectivity index (χ1v) is 5.25. The Balaban J connectivity index is 2.34. The zero-order chi connectivity index (χ0) is 12.1. The summed E-state index contributed by atoms with van der Waals surface area (Å²) in [6.07, 6.45) is 4.00. The van der Waals surface area contributed by atoms with Gasteiger partial charge in [-0.25, -0.2) is 9.97 Å². The Hall–Kier alpha value is -2.42. The molecule has 0 saturated heterocycles. The lowest BCUT2D eigenvalue weighted by Gasteiger charge is -2.08. The Kier molecular flexibility index (Phi) is 3.31. The molecule has 86 valence electrons. The summed E-state index contributed by atoms with van der Waals surface area (Å²) in [6, 6.07) is 5.47. The van der Waals surface area contributed by atoms with Gasteiger partial charge in [0, 0.05) is 6.20 Å². The molecule has 0 N–H and O–H groups in total. The first kappa shape index (κ1) is 11.1. The molecule has 6 nitrogen and oxygen atoms in total. The van der Waals surface area contributed by atoms with Crippen LogP contribution in [0.3, 0.4) is 0 Å². The van der Waals surface area contributed by atoms with Gasteiger partial charge in [0.2, 0.25) is 0 Å². The Morgan fingerprint density at radius 2 is 2.35 bits per heavy atom. The summed E-state index contributed by atoms with van der Waals surface area (Å²) in [4.78, 5) is 8.00. The molecule has 0 spiro atoms. The molecule has 2 aromatic heterocycles. The maximum absolute atomic E-state index is 8.67. The minimum Gasteiger partial charge on any atom is -0.490 e. The lowest BCUT2D eigenvalue weighted by Crippen LogP contribution is -2.04. The van der Waals surface area contributed by atoms with Crippen molar-refractivity contribution in [3.8, 4) is 17.6 Å². The summed E-state index contributed by atoms with van der Waals surface area (Å²) in [5, 5.41) is 12.6. The van der Waals surface area contributed by atoms with Crippen molar-refractivity contribution in [1.82, 2.24) is 19.7 Å². The molecule has 0 aliphatic carbocycles. The molecule has 0 amide bonds. The summed E-state index contributed by atoms with van der Waals surface area (Å²) in [7, 11) is 0. The Morgan fingerprint density at radius 1 is 1.47 bits per heavy atom. The largest absolute Gasteiger partial charge is 0.490 e. The Labute approximate surface area is 98.5 Å². The number of pyridine rings is 1. The normalized spacial score (nSPS) is 9.88. The van der Waals surface area contributed by atoms with E-state index in [4.69, 9.17) is 10.00 Å². The average Bonchev–Trinajstić information content (AvgIpc) is 2.85. The van der Waals surface area contributed by atoms with E-state index in [1.54, 1.807) is 12.3 Å². The minimum atomic E-state index is 0.108. The summed E-state index contributed by atoms with van der Waals surface area (Å²) >= 11 is 0. The number of aromatic nitrogens is 4. The van der Waals surface area contributed by atoms with Gasteiger partial charge in [-0.1, -0.05) is 6.92 Å². The first-order valence-electron chi connectivity index (χ1n) is 5.25. The molecule has 0 bridgehead atoms. The van der Waals surface area contributed by atoms with Crippen molar-refractivity contribution in [3.63, 3.8) is 0 Å². The van der Waals surface area contributed by atoms with Gasteiger partial charge in [0.25, 0.3) is 5.82 Å². The molecule has 0 atom stereocenters. The highest BCUT2D eigenvalue weighted by molar-refractivity contribution is 5.38. The van der Waals surface area contributed by atoms with Crippen LogP contribution in [0.25, 0.3) is 5.82 Å². The van der Waals surface area contributed by atoms with E-state index in [-0.39, 0.29) is 5.82 Å². The highest BCUT2D eigenvalue weighted by atomic mass is 16.5. The molecule has 0 fully saturated rings. The minimum absolute atomic E-state index is 0.108. The highest BCUT2D eigenvalue weighted by Crippen LogP contribution is 2.18. The van der Waals surface area contributed by atoms with Gasteiger partial charge >= 0.3 is 0 Å². The predicted octanol–water partition coefficient (Wildman–Crippen LogP) is 1.32. The number of nitriles is 1. The van der Waals surface area contributed by atoms with Gasteiger partial charge in [0.1, 0.15) is 12.4 Å². The van der Waals surface area contributed by atoms with E-state index in [1.807, 2.05) is 19.1 Å². The van der Waals surface area contributed by atoms with Crippen molar-refractivity contribution >= 4 is 0 Å². The van der Waals surface area contributed by atoms with Gasteiger partial charge in [-0.15, -0.1) is 5.10 Å². The van der Waals surface area contributed by atoms with E-state index >= 15 is 0 Å². The fraction of sp³-hybridized carbons (Fsp3) is 0.273. The van der Waals surface area contributed by atoms with Crippen LogP contribution < -0.4 is 4.74 Å². The quantitative estimate of drug-likeness (QED) is 0.790. The van der Waals surface area contributed by atoms with Crippen LogP contribution in [0.4, 0.5) is 0 Å². The van der Waals surface area contributed by atoms with Gasteiger partial charge in [-0.3, -0.25) is 0 Å². The SMILES string of the molecule is CCCOc1cccnc1-n1cnc(C#N)n1. The van der Waals surface area contributed by atoms with Crippen LogP contribution in [-0.4, -0.2) is 26.4 Å². The molecule has 6 heteroatoms. The van der Waals surface area contributed by atoms with E-state index in [2.05, 4.69) is 15.1 Å². The monoisotopic (exact) mass is 229 g/mol. The summed E-state index contributed by atoms with van der Waals surface area (Å²) in [5.74, 6) is 1.27. The summed E-state index contributed by atoms with van der Waals surface area (Å²) in [5.41, 5.74) is 0. The van der Waals surface area contributed by atoms with Crippen LogP contribution in [0.5, 0.6) is 5.75 Å². The highest BCUT2D eigenvalue weighted by Gasteiger charge is 2.09. The third kappa shape index (κ3) is 2.39. The molecule has 0 radical (unpaired) electrons. The topological polar surface area (TPSA) is 76.6 Å². The number of hydrogen-bond donors (Lipinski definition) is 0. The maximum Gasteiger partial charge on any atom is 0.252 e. The van der Waals surface area contributed by atoms with Crippen molar-refractivity contribution in [3.05, 3.63) is 30.5 Å². The van der Waals surface area contributed by atoms with E-state index in [0.29, 0.717) is 18.2 Å². The zero-order valence-electron chi connectivity index (χ0n) is 9.37. The fourth-order valence-corrected chi connectivity index (χ4v) is 1.30. The van der Waals surface area contributed by atoms with Crippen LogP contribution in [0.15, 0.2) is 24.7 Å². The molecule has 0 aliphatic rings. The second kappa shape index (κ2) is 5.07. The maximum atomic E-state index is 8.67. The third-order valence-electron chi connectivity index (χ3n) is 2.02. The Morgan fingerprint density at radius 3 is 3.06 bits per heavy atom. The number of ether oxygens (including phenoxy) is 1. The van der Waals surface area contributed by atoms with Crippen LogP contribution in [-0.2, 0) is 0 Å². The molecule has 2 heterocycles. The van der Waals surface area contributed by atoms with Gasteiger partial charge in [0.15, 0.2) is 11.6 Å². The Bertz CT molecular complexity index is 543. The van der Waals surface area contributed by atoms with Crippen LogP contribution in [0, 0.1) is 11.3 Å². The molecular formula is C11H11N5O. The van der Waals surface area contributed by atoms with Crippen molar-refractivity contribution in [2.75, 3.05) is 6.61 Å². The molecule has 2 aromatic rings. The van der Waals surface area contributed by atoms with Gasteiger partial charge in [-0.2, -0.15) is 9.94 Å². The van der Waals surface area contributed by atoms with Crippen LogP contribution in [0.1, 0.15) is 19.2 Å². The van der Waals surface area contributed by atoms with Crippen LogP contribution >= 0.6 is 0 Å². The summed E-state index contributed by atoms with van der Waals surface area (Å²) in [6.45, 7) is 2.64. The van der Waals surface area contributed by atoms with Crippen molar-refractivity contribution in [1.29, 1.82) is 5.26 Å². The third-order valence-corrected chi connectivity index (χ3v) is 2.02. The lowest BCUT2D eigenvalue weighted by atomic mass is 10.4. The number of hydrogen-bond acceptors (Lipinski definition) is 5. The molecule has 0 saturated carbocycles.